The van der Waals surface area contributed by atoms with Crippen LogP contribution in [0.25, 0.3) is 0 Å². The van der Waals surface area contributed by atoms with E-state index in [9.17, 15) is 18.0 Å². The topological polar surface area (TPSA) is 49.3 Å². The van der Waals surface area contributed by atoms with Crippen molar-refractivity contribution in [1.82, 2.24) is 5.32 Å². The van der Waals surface area contributed by atoms with Gasteiger partial charge in [0.05, 0.1) is 0 Å². The molecule has 0 amide bonds. The number of aliphatic carboxylic acids is 1. The molecule has 0 aromatic carbocycles. The molecule has 0 radical (unpaired) electrons. The van der Waals surface area contributed by atoms with E-state index in [1.807, 2.05) is 0 Å². The van der Waals surface area contributed by atoms with Crippen LogP contribution in [0.2, 0.25) is 0 Å². The van der Waals surface area contributed by atoms with E-state index in [4.69, 9.17) is 5.11 Å². The van der Waals surface area contributed by atoms with Gasteiger partial charge in [0.25, 0.3) is 0 Å². The predicted molar refractivity (Wildman–Crippen MR) is 38.2 cm³/mol. The van der Waals surface area contributed by atoms with E-state index in [-0.39, 0.29) is 25.9 Å². The van der Waals surface area contributed by atoms with Crippen LogP contribution >= 0.6 is 0 Å². The Morgan fingerprint density at radius 1 is 1.31 bits per heavy atom. The van der Waals surface area contributed by atoms with Gasteiger partial charge < -0.3 is 10.4 Å². The molecule has 1 rings (SSSR count). The Hall–Kier alpha value is -0.780. The zero-order chi connectivity index (χ0) is 10.1. The van der Waals surface area contributed by atoms with Gasteiger partial charge in [0.15, 0.2) is 5.41 Å². The number of halogens is 3. The first-order valence-corrected chi connectivity index (χ1v) is 3.91. The maximum absolute atomic E-state index is 12.4. The molecule has 1 aliphatic heterocycles. The summed E-state index contributed by atoms with van der Waals surface area (Å²) >= 11 is 0. The van der Waals surface area contributed by atoms with Crippen molar-refractivity contribution in [3.63, 3.8) is 0 Å². The lowest BCUT2D eigenvalue weighted by Gasteiger charge is -2.35. The zero-order valence-electron chi connectivity index (χ0n) is 6.82. The maximum atomic E-state index is 12.4. The van der Waals surface area contributed by atoms with E-state index in [2.05, 4.69) is 5.32 Å². The fourth-order valence-electron chi connectivity index (χ4n) is 1.47. The lowest BCUT2D eigenvalue weighted by atomic mass is 9.78. The normalized spacial score (nSPS) is 22.7. The van der Waals surface area contributed by atoms with Gasteiger partial charge in [0.2, 0.25) is 0 Å². The van der Waals surface area contributed by atoms with Gasteiger partial charge in [-0.25, -0.2) is 0 Å². The van der Waals surface area contributed by atoms with Crippen LogP contribution in [-0.2, 0) is 4.79 Å². The van der Waals surface area contributed by atoms with Crippen LogP contribution in [0.1, 0.15) is 12.8 Å². The molecular weight excluding hydrogens is 187 g/mol. The molecular formula is C7H10F3NO2. The third-order valence-corrected chi connectivity index (χ3v) is 2.41. The summed E-state index contributed by atoms with van der Waals surface area (Å²) in [5.41, 5.74) is -2.53. The molecule has 6 heteroatoms. The lowest BCUT2D eigenvalue weighted by molar-refractivity contribution is -0.237. The Kier molecular flexibility index (Phi) is 2.51. The highest BCUT2D eigenvalue weighted by atomic mass is 19.4. The summed E-state index contributed by atoms with van der Waals surface area (Å²) in [4.78, 5) is 10.6. The quantitative estimate of drug-likeness (QED) is 0.659. The average molecular weight is 197 g/mol. The highest BCUT2D eigenvalue weighted by molar-refractivity contribution is 5.75. The second-order valence-electron chi connectivity index (χ2n) is 3.14. The number of carboxylic acids is 1. The van der Waals surface area contributed by atoms with E-state index in [0.29, 0.717) is 0 Å². The Balaban J connectivity index is 2.93. The highest BCUT2D eigenvalue weighted by Crippen LogP contribution is 2.45. The Labute approximate surface area is 72.9 Å². The van der Waals surface area contributed by atoms with Crippen molar-refractivity contribution >= 4 is 5.97 Å². The molecule has 76 valence electrons. The minimum Gasteiger partial charge on any atom is -0.481 e. The van der Waals surface area contributed by atoms with Crippen LogP contribution in [0.5, 0.6) is 0 Å². The summed E-state index contributed by atoms with van der Waals surface area (Å²) in [6, 6.07) is 0. The third kappa shape index (κ3) is 1.63. The van der Waals surface area contributed by atoms with Crippen LogP contribution in [0.15, 0.2) is 0 Å². The summed E-state index contributed by atoms with van der Waals surface area (Å²) in [6.45, 7) is 0.206. The van der Waals surface area contributed by atoms with Gasteiger partial charge in [-0.2, -0.15) is 13.2 Å². The van der Waals surface area contributed by atoms with Crippen molar-refractivity contribution in [2.45, 2.75) is 19.0 Å². The van der Waals surface area contributed by atoms with Crippen LogP contribution < -0.4 is 5.32 Å². The summed E-state index contributed by atoms with van der Waals surface area (Å²) < 4.78 is 37.3. The van der Waals surface area contributed by atoms with E-state index in [1.54, 1.807) is 0 Å². The second-order valence-corrected chi connectivity index (χ2v) is 3.14. The number of alkyl halides is 3. The maximum Gasteiger partial charge on any atom is 0.404 e. The van der Waals surface area contributed by atoms with Crippen molar-refractivity contribution in [2.75, 3.05) is 13.1 Å². The van der Waals surface area contributed by atoms with Gasteiger partial charge in [-0.15, -0.1) is 0 Å². The number of carboxylic acid groups (broad SMARTS) is 1. The molecule has 1 saturated heterocycles. The summed E-state index contributed by atoms with van der Waals surface area (Å²) in [6.07, 6.45) is -5.42. The van der Waals surface area contributed by atoms with Crippen LogP contribution in [0.3, 0.4) is 0 Å². The molecule has 13 heavy (non-hydrogen) atoms. The SMILES string of the molecule is O=C(O)C1(C(F)(F)F)CCNCC1. The largest absolute Gasteiger partial charge is 0.481 e. The number of carbonyl (C=O) groups is 1. The molecule has 1 aliphatic rings. The fraction of sp³-hybridized carbons (Fsp3) is 0.857. The van der Waals surface area contributed by atoms with Gasteiger partial charge in [-0.3, -0.25) is 4.79 Å². The monoisotopic (exact) mass is 197 g/mol. The molecule has 0 spiro atoms. The molecule has 2 N–H and O–H groups in total. The first-order valence-electron chi connectivity index (χ1n) is 3.91. The van der Waals surface area contributed by atoms with Gasteiger partial charge in [-0.05, 0) is 25.9 Å². The molecule has 3 nitrogen and oxygen atoms in total. The van der Waals surface area contributed by atoms with Gasteiger partial charge in [0.1, 0.15) is 0 Å². The predicted octanol–water partition coefficient (Wildman–Crippen LogP) is 1.00. The molecule has 1 heterocycles. The Morgan fingerprint density at radius 2 is 1.77 bits per heavy atom. The lowest BCUT2D eigenvalue weighted by Crippen LogP contribution is -2.51. The van der Waals surface area contributed by atoms with Gasteiger partial charge >= 0.3 is 12.1 Å². The van der Waals surface area contributed by atoms with Crippen LogP contribution in [0, 0.1) is 5.41 Å². The van der Waals surface area contributed by atoms with E-state index in [1.165, 1.54) is 0 Å². The molecule has 0 aromatic rings. The first kappa shape index (κ1) is 10.3. The molecule has 0 saturated carbocycles. The Morgan fingerprint density at radius 3 is 2.00 bits per heavy atom. The first-order chi connectivity index (χ1) is 5.90. The fourth-order valence-corrected chi connectivity index (χ4v) is 1.47. The number of hydrogen-bond acceptors (Lipinski definition) is 2. The van der Waals surface area contributed by atoms with Crippen molar-refractivity contribution < 1.29 is 23.1 Å². The van der Waals surface area contributed by atoms with Crippen molar-refractivity contribution in [3.8, 4) is 0 Å². The van der Waals surface area contributed by atoms with Gasteiger partial charge in [0, 0.05) is 0 Å². The van der Waals surface area contributed by atoms with Gasteiger partial charge in [-0.1, -0.05) is 0 Å². The number of hydrogen-bond donors (Lipinski definition) is 2. The highest BCUT2D eigenvalue weighted by Gasteiger charge is 2.60. The van der Waals surface area contributed by atoms with E-state index >= 15 is 0 Å². The Bertz CT molecular complexity index is 208. The van der Waals surface area contributed by atoms with E-state index < -0.39 is 17.6 Å². The van der Waals surface area contributed by atoms with Crippen molar-refractivity contribution in [2.24, 2.45) is 5.41 Å². The zero-order valence-corrected chi connectivity index (χ0v) is 6.82. The summed E-state index contributed by atoms with van der Waals surface area (Å²) in [7, 11) is 0. The number of nitrogens with one attached hydrogen (secondary N) is 1. The third-order valence-electron chi connectivity index (χ3n) is 2.41. The van der Waals surface area contributed by atoms with Crippen molar-refractivity contribution in [3.05, 3.63) is 0 Å². The minimum atomic E-state index is -4.65. The van der Waals surface area contributed by atoms with Crippen LogP contribution in [-0.4, -0.2) is 30.3 Å². The van der Waals surface area contributed by atoms with Crippen molar-refractivity contribution in [1.29, 1.82) is 0 Å². The molecule has 0 aliphatic carbocycles. The molecule has 1 fully saturated rings. The van der Waals surface area contributed by atoms with Crippen LogP contribution in [0.4, 0.5) is 13.2 Å². The smallest absolute Gasteiger partial charge is 0.404 e. The molecule has 0 unspecified atom stereocenters. The summed E-state index contributed by atoms with van der Waals surface area (Å²) in [5, 5.41) is 11.3. The average Bonchev–Trinajstić information content (AvgIpc) is 2.03. The summed E-state index contributed by atoms with van der Waals surface area (Å²) in [5.74, 6) is -1.76. The molecule has 0 bridgehead atoms. The number of piperidine rings is 1. The minimum absolute atomic E-state index is 0.103. The standard InChI is InChI=1S/C7H10F3NO2/c8-7(9,10)6(5(12)13)1-3-11-4-2-6/h11H,1-4H2,(H,12,13). The molecule has 0 atom stereocenters. The molecule has 0 aromatic heterocycles. The van der Waals surface area contributed by atoms with E-state index in [0.717, 1.165) is 0 Å². The number of rotatable bonds is 1. The second kappa shape index (κ2) is 3.17.